The van der Waals surface area contributed by atoms with Crippen LogP contribution in [-0.4, -0.2) is 33.0 Å². The van der Waals surface area contributed by atoms with Crippen LogP contribution in [0.5, 0.6) is 0 Å². The van der Waals surface area contributed by atoms with Gasteiger partial charge in [0.25, 0.3) is 0 Å². The number of fused-ring (bicyclic) bond motifs is 1. The lowest BCUT2D eigenvalue weighted by molar-refractivity contribution is 1.12. The first-order chi connectivity index (χ1) is 9.65. The van der Waals surface area contributed by atoms with E-state index in [0.29, 0.717) is 35.8 Å². The minimum absolute atomic E-state index is 0.0941. The molecule has 2 N–H and O–H groups in total. The molecule has 0 saturated heterocycles. The lowest BCUT2D eigenvalue weighted by Crippen LogP contribution is -2.08. The molecular weight excluding hydrogens is 299 g/mol. The van der Waals surface area contributed by atoms with Crippen LogP contribution in [0.2, 0.25) is 10.6 Å². The van der Waals surface area contributed by atoms with Gasteiger partial charge in [-0.05, 0) is 23.2 Å². The number of hydrogen-bond donors (Lipinski definition) is 2. The minimum atomic E-state index is 0.0941. The number of nitrogens with one attached hydrogen (secondary N) is 2. The van der Waals surface area contributed by atoms with Crippen LogP contribution >= 0.6 is 23.2 Å². The number of anilines is 2. The molecule has 0 fully saturated rings. The zero-order valence-corrected chi connectivity index (χ0v) is 12.0. The molecule has 0 aliphatic rings. The Morgan fingerprint density at radius 1 is 0.800 bits per heavy atom. The topological polar surface area (TPSA) is 75.6 Å². The van der Waals surface area contributed by atoms with Gasteiger partial charge in [-0.2, -0.15) is 9.97 Å². The molecule has 0 spiro atoms. The monoisotopic (exact) mass is 310 g/mol. The van der Waals surface area contributed by atoms with Crippen molar-refractivity contribution in [1.82, 2.24) is 19.9 Å². The molecular formula is C12H12Cl2N6. The second kappa shape index (κ2) is 6.49. The Morgan fingerprint density at radius 3 is 1.55 bits per heavy atom. The number of halogens is 2. The Bertz CT molecular complexity index is 601. The van der Waals surface area contributed by atoms with E-state index in [0.717, 1.165) is 0 Å². The van der Waals surface area contributed by atoms with Crippen molar-refractivity contribution in [1.29, 1.82) is 0 Å². The lowest BCUT2D eigenvalue weighted by Gasteiger charge is -2.10. The van der Waals surface area contributed by atoms with Gasteiger partial charge < -0.3 is 10.6 Å². The first-order valence-electron chi connectivity index (χ1n) is 5.76. The van der Waals surface area contributed by atoms with E-state index in [1.165, 1.54) is 0 Å². The molecule has 0 atom stereocenters. The third kappa shape index (κ3) is 3.15. The van der Waals surface area contributed by atoms with E-state index in [1.807, 2.05) is 0 Å². The molecule has 0 aromatic carbocycles. The summed E-state index contributed by atoms with van der Waals surface area (Å²) in [5.74, 6) is 0.955. The van der Waals surface area contributed by atoms with Gasteiger partial charge in [0.15, 0.2) is 11.6 Å². The fourth-order valence-corrected chi connectivity index (χ4v) is 1.88. The molecule has 20 heavy (non-hydrogen) atoms. The smallest absolute Gasteiger partial charge is 0.225 e. The number of hydrogen-bond acceptors (Lipinski definition) is 6. The zero-order chi connectivity index (χ0) is 14.5. The highest BCUT2D eigenvalue weighted by Gasteiger charge is 2.14. The first kappa shape index (κ1) is 14.5. The summed E-state index contributed by atoms with van der Waals surface area (Å²) in [6, 6.07) is 0. The number of aromatic nitrogens is 4. The summed E-state index contributed by atoms with van der Waals surface area (Å²) < 4.78 is 0. The van der Waals surface area contributed by atoms with E-state index in [-0.39, 0.29) is 10.6 Å². The van der Waals surface area contributed by atoms with Gasteiger partial charge in [-0.15, -0.1) is 13.2 Å². The van der Waals surface area contributed by atoms with Crippen molar-refractivity contribution in [3.63, 3.8) is 0 Å². The molecule has 2 aromatic heterocycles. The van der Waals surface area contributed by atoms with Gasteiger partial charge in [0.05, 0.1) is 0 Å². The predicted molar refractivity (Wildman–Crippen MR) is 82.5 cm³/mol. The van der Waals surface area contributed by atoms with Crippen molar-refractivity contribution in [2.45, 2.75) is 0 Å². The van der Waals surface area contributed by atoms with Crippen LogP contribution in [0.25, 0.3) is 11.0 Å². The Hall–Kier alpha value is -1.92. The van der Waals surface area contributed by atoms with Crippen molar-refractivity contribution in [3.8, 4) is 0 Å². The van der Waals surface area contributed by atoms with Crippen LogP contribution in [0, 0.1) is 0 Å². The summed E-state index contributed by atoms with van der Waals surface area (Å²) in [6.45, 7) is 8.29. The van der Waals surface area contributed by atoms with Crippen LogP contribution in [0.4, 0.5) is 11.6 Å². The summed E-state index contributed by atoms with van der Waals surface area (Å²) in [4.78, 5) is 16.5. The van der Waals surface area contributed by atoms with Gasteiger partial charge in [0.2, 0.25) is 10.6 Å². The highest BCUT2D eigenvalue weighted by atomic mass is 35.5. The SMILES string of the molecule is C=CCNc1nc(Cl)nc2c(NCC=C)nc(Cl)nc12. The lowest BCUT2D eigenvalue weighted by atomic mass is 10.3. The second-order valence-electron chi connectivity index (χ2n) is 3.72. The van der Waals surface area contributed by atoms with Crippen LogP contribution in [0.15, 0.2) is 25.3 Å². The molecule has 8 heteroatoms. The van der Waals surface area contributed by atoms with Crippen molar-refractivity contribution in [2.24, 2.45) is 0 Å². The quantitative estimate of drug-likeness (QED) is 0.631. The molecule has 0 aliphatic heterocycles. The average Bonchev–Trinajstić information content (AvgIpc) is 2.43. The Morgan fingerprint density at radius 2 is 1.20 bits per heavy atom. The van der Waals surface area contributed by atoms with E-state index >= 15 is 0 Å². The molecule has 0 saturated carbocycles. The minimum Gasteiger partial charge on any atom is -0.365 e. The number of rotatable bonds is 6. The van der Waals surface area contributed by atoms with Crippen molar-refractivity contribution >= 4 is 45.9 Å². The van der Waals surface area contributed by atoms with Gasteiger partial charge in [0.1, 0.15) is 11.0 Å². The normalized spacial score (nSPS) is 10.3. The van der Waals surface area contributed by atoms with Crippen LogP contribution in [-0.2, 0) is 0 Å². The molecule has 0 radical (unpaired) electrons. The van der Waals surface area contributed by atoms with E-state index in [4.69, 9.17) is 23.2 Å². The molecule has 0 aliphatic carbocycles. The standard InChI is InChI=1S/C12H12Cl2N6/c1-3-5-15-9-7-8(18-11(13)19-9)10(16-6-4-2)20-12(14)17-7/h3-4H,1-2,5-6H2,(H,15,18,19)(H,16,17,20). The zero-order valence-electron chi connectivity index (χ0n) is 10.5. The van der Waals surface area contributed by atoms with E-state index in [1.54, 1.807) is 12.2 Å². The molecule has 104 valence electrons. The van der Waals surface area contributed by atoms with Crippen LogP contribution in [0.3, 0.4) is 0 Å². The summed E-state index contributed by atoms with van der Waals surface area (Å²) in [7, 11) is 0. The van der Waals surface area contributed by atoms with E-state index in [2.05, 4.69) is 43.7 Å². The maximum atomic E-state index is 5.92. The molecule has 2 heterocycles. The fraction of sp³-hybridized carbons (Fsp3) is 0.167. The first-order valence-corrected chi connectivity index (χ1v) is 6.51. The van der Waals surface area contributed by atoms with Crippen LogP contribution < -0.4 is 10.6 Å². The average molecular weight is 311 g/mol. The van der Waals surface area contributed by atoms with Gasteiger partial charge in [-0.25, -0.2) is 9.97 Å². The highest BCUT2D eigenvalue weighted by Crippen LogP contribution is 2.26. The number of nitrogens with zero attached hydrogens (tertiary/aromatic N) is 4. The maximum absolute atomic E-state index is 5.92. The van der Waals surface area contributed by atoms with Gasteiger partial charge in [-0.1, -0.05) is 12.2 Å². The van der Waals surface area contributed by atoms with Gasteiger partial charge >= 0.3 is 0 Å². The van der Waals surface area contributed by atoms with Gasteiger partial charge in [-0.3, -0.25) is 0 Å². The fourth-order valence-electron chi connectivity index (χ4n) is 1.55. The van der Waals surface area contributed by atoms with E-state index in [9.17, 15) is 0 Å². The Labute approximate surface area is 126 Å². The van der Waals surface area contributed by atoms with Crippen LogP contribution in [0.1, 0.15) is 0 Å². The summed E-state index contributed by atoms with van der Waals surface area (Å²) >= 11 is 11.8. The molecule has 2 rings (SSSR count). The summed E-state index contributed by atoms with van der Waals surface area (Å²) in [5.41, 5.74) is 0.977. The second-order valence-corrected chi connectivity index (χ2v) is 4.39. The van der Waals surface area contributed by atoms with Gasteiger partial charge in [0, 0.05) is 13.1 Å². The summed E-state index contributed by atoms with van der Waals surface area (Å²) in [5, 5.41) is 6.26. The van der Waals surface area contributed by atoms with E-state index < -0.39 is 0 Å². The maximum Gasteiger partial charge on any atom is 0.225 e. The largest absolute Gasteiger partial charge is 0.365 e. The predicted octanol–water partition coefficient (Wildman–Crippen LogP) is 2.92. The molecule has 6 nitrogen and oxygen atoms in total. The molecule has 0 unspecified atom stereocenters. The highest BCUT2D eigenvalue weighted by molar-refractivity contribution is 6.30. The third-order valence-electron chi connectivity index (χ3n) is 2.32. The molecule has 0 amide bonds. The van der Waals surface area contributed by atoms with Crippen molar-refractivity contribution in [3.05, 3.63) is 35.9 Å². The molecule has 2 aromatic rings. The van der Waals surface area contributed by atoms with Crippen molar-refractivity contribution < 1.29 is 0 Å². The van der Waals surface area contributed by atoms with Crippen molar-refractivity contribution in [2.75, 3.05) is 23.7 Å². The summed E-state index contributed by atoms with van der Waals surface area (Å²) in [6.07, 6.45) is 3.39. The molecule has 0 bridgehead atoms. The third-order valence-corrected chi connectivity index (χ3v) is 2.65. The Kier molecular flexibility index (Phi) is 4.70. The Balaban J connectivity index is 2.60.